The minimum absolute atomic E-state index is 0.373. The summed E-state index contributed by atoms with van der Waals surface area (Å²) in [6.45, 7) is 5.50. The van der Waals surface area contributed by atoms with E-state index < -0.39 is 0 Å². The molecule has 0 saturated heterocycles. The third-order valence-electron chi connectivity index (χ3n) is 3.19. The van der Waals surface area contributed by atoms with Crippen molar-refractivity contribution in [3.63, 3.8) is 0 Å². The number of hydrogen-bond acceptors (Lipinski definition) is 3. The molecule has 1 aromatic heterocycles. The third-order valence-corrected chi connectivity index (χ3v) is 3.54. The van der Waals surface area contributed by atoms with Gasteiger partial charge >= 0.3 is 0 Å². The van der Waals surface area contributed by atoms with Crippen molar-refractivity contribution >= 4 is 17.4 Å². The van der Waals surface area contributed by atoms with E-state index >= 15 is 0 Å². The highest BCUT2D eigenvalue weighted by Crippen LogP contribution is 2.22. The average Bonchev–Trinajstić information content (AvgIpc) is 2.53. The van der Waals surface area contributed by atoms with E-state index in [9.17, 15) is 0 Å². The highest BCUT2D eigenvalue weighted by molar-refractivity contribution is 6.31. The van der Waals surface area contributed by atoms with E-state index in [4.69, 9.17) is 16.3 Å². The number of benzene rings is 1. The topological polar surface area (TPSA) is 34.1 Å². The van der Waals surface area contributed by atoms with Crippen molar-refractivity contribution in [1.82, 2.24) is 4.98 Å². The van der Waals surface area contributed by atoms with E-state index in [2.05, 4.69) is 30.2 Å². The number of rotatable bonds is 7. The van der Waals surface area contributed by atoms with Gasteiger partial charge in [0.2, 0.25) is 0 Å². The molecule has 2 rings (SSSR count). The molecule has 0 unspecified atom stereocenters. The maximum Gasteiger partial charge on any atom is 0.132 e. The Morgan fingerprint density at radius 2 is 1.95 bits per heavy atom. The first-order chi connectivity index (χ1) is 10.2. The van der Waals surface area contributed by atoms with E-state index in [0.717, 1.165) is 36.6 Å². The summed E-state index contributed by atoms with van der Waals surface area (Å²) >= 11 is 6.20. The van der Waals surface area contributed by atoms with Gasteiger partial charge in [0, 0.05) is 6.54 Å². The molecule has 21 heavy (non-hydrogen) atoms. The smallest absolute Gasteiger partial charge is 0.132 e. The van der Waals surface area contributed by atoms with Crippen LogP contribution in [-0.2, 0) is 13.0 Å². The van der Waals surface area contributed by atoms with Crippen LogP contribution < -0.4 is 10.1 Å². The molecule has 4 heteroatoms. The van der Waals surface area contributed by atoms with Crippen LogP contribution in [0.4, 0.5) is 5.82 Å². The Labute approximate surface area is 131 Å². The summed E-state index contributed by atoms with van der Waals surface area (Å²) in [4.78, 5) is 4.51. The average molecular weight is 305 g/mol. The van der Waals surface area contributed by atoms with E-state index in [0.29, 0.717) is 11.6 Å². The summed E-state index contributed by atoms with van der Waals surface area (Å²) in [5, 5.41) is 3.89. The zero-order chi connectivity index (χ0) is 15.1. The molecule has 0 fully saturated rings. The Bertz CT molecular complexity index is 587. The maximum atomic E-state index is 6.20. The quantitative estimate of drug-likeness (QED) is 0.805. The molecule has 112 valence electrons. The second kappa shape index (κ2) is 7.89. The van der Waals surface area contributed by atoms with Gasteiger partial charge in [-0.05, 0) is 36.6 Å². The first kappa shape index (κ1) is 15.6. The fourth-order valence-electron chi connectivity index (χ4n) is 2.02. The van der Waals surface area contributed by atoms with Gasteiger partial charge in [0.1, 0.15) is 18.2 Å². The van der Waals surface area contributed by atoms with Crippen molar-refractivity contribution in [3.8, 4) is 5.75 Å². The van der Waals surface area contributed by atoms with Gasteiger partial charge in [0.05, 0.1) is 10.7 Å². The van der Waals surface area contributed by atoms with Crippen LogP contribution in [0.15, 0.2) is 36.4 Å². The molecule has 0 amide bonds. The Morgan fingerprint density at radius 3 is 2.71 bits per heavy atom. The van der Waals surface area contributed by atoms with Crippen molar-refractivity contribution in [3.05, 3.63) is 52.7 Å². The maximum absolute atomic E-state index is 6.20. The summed E-state index contributed by atoms with van der Waals surface area (Å²) in [7, 11) is 0. The largest absolute Gasteiger partial charge is 0.487 e. The van der Waals surface area contributed by atoms with Gasteiger partial charge in [-0.2, -0.15) is 0 Å². The van der Waals surface area contributed by atoms with Gasteiger partial charge in [-0.3, -0.25) is 0 Å². The molecule has 0 aliphatic rings. The number of ether oxygens (including phenoxy) is 1. The van der Waals surface area contributed by atoms with Gasteiger partial charge in [-0.15, -0.1) is 0 Å². The van der Waals surface area contributed by atoms with E-state index in [1.807, 2.05) is 30.3 Å². The van der Waals surface area contributed by atoms with Crippen LogP contribution in [0.3, 0.4) is 0 Å². The fourth-order valence-corrected chi connectivity index (χ4v) is 2.18. The summed E-state index contributed by atoms with van der Waals surface area (Å²) in [6.07, 6.45) is 2.00. The normalized spacial score (nSPS) is 10.4. The van der Waals surface area contributed by atoms with Gasteiger partial charge in [-0.1, -0.05) is 43.6 Å². The minimum atomic E-state index is 0.373. The summed E-state index contributed by atoms with van der Waals surface area (Å²) in [5.74, 6) is 1.73. The predicted molar refractivity (Wildman–Crippen MR) is 88.2 cm³/mol. The zero-order valence-corrected chi connectivity index (χ0v) is 13.3. The van der Waals surface area contributed by atoms with Gasteiger partial charge in [0.25, 0.3) is 0 Å². The number of nitrogens with one attached hydrogen (secondary N) is 1. The molecule has 0 aliphatic heterocycles. The molecular weight excluding hydrogens is 284 g/mol. The van der Waals surface area contributed by atoms with Gasteiger partial charge < -0.3 is 10.1 Å². The summed E-state index contributed by atoms with van der Waals surface area (Å²) in [5.41, 5.74) is 1.94. The highest BCUT2D eigenvalue weighted by atomic mass is 35.5. The van der Waals surface area contributed by atoms with E-state index in [-0.39, 0.29) is 0 Å². The van der Waals surface area contributed by atoms with Crippen molar-refractivity contribution in [1.29, 1.82) is 0 Å². The lowest BCUT2D eigenvalue weighted by Crippen LogP contribution is -2.06. The molecule has 1 aromatic carbocycles. The second-order valence-corrected chi connectivity index (χ2v) is 5.21. The molecule has 0 bridgehead atoms. The number of aryl methyl sites for hydroxylation is 1. The Balaban J connectivity index is 2.08. The van der Waals surface area contributed by atoms with Crippen LogP contribution >= 0.6 is 11.6 Å². The Kier molecular flexibility index (Phi) is 5.88. The minimum Gasteiger partial charge on any atom is -0.487 e. The van der Waals surface area contributed by atoms with Crippen molar-refractivity contribution in [2.24, 2.45) is 0 Å². The van der Waals surface area contributed by atoms with Gasteiger partial charge in [-0.25, -0.2) is 4.98 Å². The molecule has 0 saturated carbocycles. The van der Waals surface area contributed by atoms with E-state index in [1.165, 1.54) is 5.56 Å². The third kappa shape index (κ3) is 4.36. The lowest BCUT2D eigenvalue weighted by Gasteiger charge is -2.12. The van der Waals surface area contributed by atoms with Crippen LogP contribution in [0.2, 0.25) is 5.02 Å². The molecule has 1 heterocycles. The first-order valence-corrected chi connectivity index (χ1v) is 7.72. The SMILES string of the molecule is CCCNc1ccc(Cl)c(COc2ccccc2CC)n1. The van der Waals surface area contributed by atoms with Crippen LogP contribution in [0, 0.1) is 0 Å². The second-order valence-electron chi connectivity index (χ2n) is 4.80. The van der Waals surface area contributed by atoms with Crippen molar-refractivity contribution in [2.45, 2.75) is 33.3 Å². The predicted octanol–water partition coefficient (Wildman–Crippen LogP) is 4.70. The molecule has 0 aliphatic carbocycles. The number of para-hydroxylation sites is 1. The molecule has 0 radical (unpaired) electrons. The molecule has 3 nitrogen and oxygen atoms in total. The molecule has 1 N–H and O–H groups in total. The van der Waals surface area contributed by atoms with Gasteiger partial charge in [0.15, 0.2) is 0 Å². The lowest BCUT2D eigenvalue weighted by molar-refractivity contribution is 0.298. The van der Waals surface area contributed by atoms with Crippen LogP contribution in [0.1, 0.15) is 31.5 Å². The summed E-state index contributed by atoms with van der Waals surface area (Å²) < 4.78 is 5.88. The fraction of sp³-hybridized carbons (Fsp3) is 0.353. The first-order valence-electron chi connectivity index (χ1n) is 7.34. The standard InChI is InChI=1S/C17H21ClN2O/c1-3-11-19-17-10-9-14(18)15(20-17)12-21-16-8-6-5-7-13(16)4-2/h5-10H,3-4,11-12H2,1-2H3,(H,19,20). The van der Waals surface area contributed by atoms with E-state index in [1.54, 1.807) is 0 Å². The zero-order valence-electron chi connectivity index (χ0n) is 12.5. The van der Waals surface area contributed by atoms with Crippen LogP contribution in [-0.4, -0.2) is 11.5 Å². The molecular formula is C17H21ClN2O. The number of aromatic nitrogens is 1. The molecule has 2 aromatic rings. The highest BCUT2D eigenvalue weighted by Gasteiger charge is 2.07. The molecule has 0 atom stereocenters. The number of hydrogen-bond donors (Lipinski definition) is 1. The van der Waals surface area contributed by atoms with Crippen molar-refractivity contribution < 1.29 is 4.74 Å². The lowest BCUT2D eigenvalue weighted by atomic mass is 10.1. The Morgan fingerprint density at radius 1 is 1.14 bits per heavy atom. The number of nitrogens with zero attached hydrogens (tertiary/aromatic N) is 1. The number of anilines is 1. The van der Waals surface area contributed by atoms with Crippen molar-refractivity contribution in [2.75, 3.05) is 11.9 Å². The Hall–Kier alpha value is -1.74. The van der Waals surface area contributed by atoms with Crippen LogP contribution in [0.25, 0.3) is 0 Å². The van der Waals surface area contributed by atoms with Crippen LogP contribution in [0.5, 0.6) is 5.75 Å². The number of pyridine rings is 1. The number of halogens is 1. The molecule has 0 spiro atoms. The monoisotopic (exact) mass is 304 g/mol. The summed E-state index contributed by atoms with van der Waals surface area (Å²) in [6, 6.07) is 11.8.